The van der Waals surface area contributed by atoms with Crippen LogP contribution in [0.15, 0.2) is 16.9 Å². The van der Waals surface area contributed by atoms with Crippen LogP contribution in [-0.4, -0.2) is 60.6 Å². The van der Waals surface area contributed by atoms with Crippen LogP contribution in [0.2, 0.25) is 51.4 Å². The second kappa shape index (κ2) is 10.2. The quantitative estimate of drug-likeness (QED) is 0.348. The molecule has 0 bridgehead atoms. The Bertz CT molecular complexity index is 966. The minimum absolute atomic E-state index is 0.0317. The van der Waals surface area contributed by atoms with Crippen LogP contribution < -0.4 is 5.69 Å². The lowest BCUT2D eigenvalue weighted by molar-refractivity contribution is 0.0681. The molecule has 9 nitrogen and oxygen atoms in total. The molecular formula is C21H34N2O7Si2. The van der Waals surface area contributed by atoms with Crippen molar-refractivity contribution in [2.24, 2.45) is 0 Å². The van der Waals surface area contributed by atoms with Crippen molar-refractivity contribution in [3.63, 3.8) is 0 Å². The zero-order valence-corrected chi connectivity index (χ0v) is 21.7. The second-order valence-electron chi connectivity index (χ2n) is 10.3. The summed E-state index contributed by atoms with van der Waals surface area (Å²) in [6, 6.07) is 4.18. The van der Waals surface area contributed by atoms with Crippen LogP contribution in [0, 0.1) is 0 Å². The van der Waals surface area contributed by atoms with E-state index in [1.165, 1.54) is 21.3 Å². The number of hydrogen-bond acceptors (Lipinski definition) is 5. The maximum absolute atomic E-state index is 13.2. The van der Waals surface area contributed by atoms with E-state index in [0.717, 1.165) is 12.1 Å². The van der Waals surface area contributed by atoms with Gasteiger partial charge in [-0.1, -0.05) is 39.3 Å². The molecule has 0 aliphatic rings. The molecule has 0 saturated heterocycles. The van der Waals surface area contributed by atoms with Gasteiger partial charge in [0.2, 0.25) is 0 Å². The maximum Gasteiger partial charge on any atom is 0.337 e. The third kappa shape index (κ3) is 6.64. The third-order valence-electron chi connectivity index (χ3n) is 5.05. The van der Waals surface area contributed by atoms with Crippen LogP contribution in [0.4, 0.5) is 0 Å². The SMILES string of the molecule is C[Si](C)(C)CCOCn1c(=O)n(COCC[Si](C)(C)C)c2c(C(=O)O)ccc(C(=O)O)c21. The van der Waals surface area contributed by atoms with E-state index in [1.54, 1.807) is 0 Å². The van der Waals surface area contributed by atoms with Crippen LogP contribution in [0.5, 0.6) is 0 Å². The highest BCUT2D eigenvalue weighted by molar-refractivity contribution is 6.76. The minimum atomic E-state index is -1.35. The Balaban J connectivity index is 2.52. The normalized spacial score (nSPS) is 12.4. The van der Waals surface area contributed by atoms with Gasteiger partial charge in [-0.05, 0) is 24.2 Å². The van der Waals surface area contributed by atoms with Crippen molar-refractivity contribution in [2.75, 3.05) is 13.2 Å². The largest absolute Gasteiger partial charge is 0.478 e. The molecule has 1 heterocycles. The molecule has 11 heteroatoms. The summed E-state index contributed by atoms with van der Waals surface area (Å²) in [4.78, 5) is 37.0. The molecule has 0 atom stereocenters. The lowest BCUT2D eigenvalue weighted by Gasteiger charge is -2.15. The van der Waals surface area contributed by atoms with Gasteiger partial charge in [0.25, 0.3) is 0 Å². The summed E-state index contributed by atoms with van der Waals surface area (Å²) in [7, 11) is -2.71. The Kier molecular flexibility index (Phi) is 8.26. The molecule has 0 aliphatic carbocycles. The first-order valence-corrected chi connectivity index (χ1v) is 18.0. The molecule has 178 valence electrons. The molecule has 0 spiro atoms. The Hall–Kier alpha value is -2.22. The van der Waals surface area contributed by atoms with E-state index >= 15 is 0 Å². The summed E-state index contributed by atoms with van der Waals surface area (Å²) >= 11 is 0. The van der Waals surface area contributed by atoms with Crippen LogP contribution in [0.25, 0.3) is 11.0 Å². The van der Waals surface area contributed by atoms with Gasteiger partial charge in [0, 0.05) is 29.4 Å². The van der Waals surface area contributed by atoms with E-state index in [-0.39, 0.29) is 35.6 Å². The highest BCUT2D eigenvalue weighted by Gasteiger charge is 2.25. The fourth-order valence-corrected chi connectivity index (χ4v) is 4.63. The van der Waals surface area contributed by atoms with Gasteiger partial charge >= 0.3 is 17.6 Å². The number of carbonyl (C=O) groups is 2. The topological polar surface area (TPSA) is 120 Å². The van der Waals surface area contributed by atoms with Crippen molar-refractivity contribution >= 4 is 39.1 Å². The van der Waals surface area contributed by atoms with Crippen LogP contribution in [0.1, 0.15) is 20.7 Å². The summed E-state index contributed by atoms with van der Waals surface area (Å²) in [6.07, 6.45) is 0. The molecule has 1 aromatic carbocycles. The van der Waals surface area contributed by atoms with Gasteiger partial charge < -0.3 is 19.7 Å². The smallest absolute Gasteiger partial charge is 0.337 e. The van der Waals surface area contributed by atoms with Crippen molar-refractivity contribution in [1.29, 1.82) is 0 Å². The van der Waals surface area contributed by atoms with E-state index in [0.29, 0.717) is 13.2 Å². The molecule has 0 aliphatic heterocycles. The Labute approximate surface area is 189 Å². The number of carboxylic acid groups (broad SMARTS) is 2. The first kappa shape index (κ1) is 26.0. The Morgan fingerprint density at radius 2 is 1.12 bits per heavy atom. The molecule has 2 rings (SSSR count). The maximum atomic E-state index is 13.2. The predicted molar refractivity (Wildman–Crippen MR) is 128 cm³/mol. The van der Waals surface area contributed by atoms with Crippen molar-refractivity contribution < 1.29 is 29.3 Å². The summed E-state index contributed by atoms with van der Waals surface area (Å²) in [6.45, 7) is 13.8. The molecule has 1 aromatic heterocycles. The molecule has 32 heavy (non-hydrogen) atoms. The predicted octanol–water partition coefficient (Wildman–Crippen LogP) is 3.82. The number of rotatable bonds is 12. The molecule has 0 unspecified atom stereocenters. The van der Waals surface area contributed by atoms with Gasteiger partial charge in [-0.25, -0.2) is 14.4 Å². The number of ether oxygens (including phenoxy) is 2. The molecular weight excluding hydrogens is 448 g/mol. The number of nitrogens with zero attached hydrogens (tertiary/aromatic N) is 2. The number of carboxylic acids is 2. The van der Waals surface area contributed by atoms with Gasteiger partial charge in [0.1, 0.15) is 13.5 Å². The number of fused-ring (bicyclic) bond motifs is 1. The molecule has 0 radical (unpaired) electrons. The lowest BCUT2D eigenvalue weighted by Crippen LogP contribution is -2.28. The minimum Gasteiger partial charge on any atom is -0.478 e. The number of aromatic nitrogens is 2. The number of aromatic carboxylic acids is 2. The first-order chi connectivity index (χ1) is 14.7. The number of imidazole rings is 1. The van der Waals surface area contributed by atoms with Crippen molar-refractivity contribution in [2.45, 2.75) is 64.8 Å². The first-order valence-electron chi connectivity index (χ1n) is 10.6. The Morgan fingerprint density at radius 3 is 1.41 bits per heavy atom. The van der Waals surface area contributed by atoms with E-state index in [2.05, 4.69) is 39.3 Å². The van der Waals surface area contributed by atoms with E-state index in [9.17, 15) is 24.6 Å². The van der Waals surface area contributed by atoms with Gasteiger partial charge in [0.05, 0.1) is 22.2 Å². The van der Waals surface area contributed by atoms with Gasteiger partial charge in [-0.15, -0.1) is 0 Å². The van der Waals surface area contributed by atoms with Crippen molar-refractivity contribution in [3.05, 3.63) is 33.7 Å². The average molecular weight is 483 g/mol. The van der Waals surface area contributed by atoms with E-state index in [4.69, 9.17) is 9.47 Å². The summed E-state index contributed by atoms with van der Waals surface area (Å²) in [5.41, 5.74) is -0.806. The molecule has 0 saturated carbocycles. The highest BCUT2D eigenvalue weighted by Crippen LogP contribution is 2.24. The highest BCUT2D eigenvalue weighted by atomic mass is 28.3. The zero-order valence-electron chi connectivity index (χ0n) is 19.7. The van der Waals surface area contributed by atoms with E-state index in [1.807, 2.05) is 0 Å². The van der Waals surface area contributed by atoms with Gasteiger partial charge in [0.15, 0.2) is 0 Å². The van der Waals surface area contributed by atoms with Gasteiger partial charge in [-0.2, -0.15) is 0 Å². The standard InChI is InChI=1S/C21H34N2O7Si2/c1-31(2,3)11-9-29-13-22-17-15(19(24)25)7-8-16(20(26)27)18(17)23(21(22)28)14-30-10-12-32(4,5)6/h7-8H,9-14H2,1-6H3,(H,24,25)(H,26,27). The van der Waals surface area contributed by atoms with E-state index < -0.39 is 33.8 Å². The van der Waals surface area contributed by atoms with Crippen LogP contribution in [-0.2, 0) is 22.9 Å². The summed E-state index contributed by atoms with van der Waals surface area (Å²) in [5, 5.41) is 19.4. The second-order valence-corrected chi connectivity index (χ2v) is 21.5. The van der Waals surface area contributed by atoms with Crippen molar-refractivity contribution in [1.82, 2.24) is 9.13 Å². The monoisotopic (exact) mass is 482 g/mol. The summed E-state index contributed by atoms with van der Waals surface area (Å²) in [5.74, 6) is -2.50. The number of benzene rings is 1. The molecule has 0 fully saturated rings. The van der Waals surface area contributed by atoms with Crippen LogP contribution >= 0.6 is 0 Å². The van der Waals surface area contributed by atoms with Gasteiger partial charge in [-0.3, -0.25) is 9.13 Å². The number of hydrogen-bond donors (Lipinski definition) is 2. The van der Waals surface area contributed by atoms with Crippen molar-refractivity contribution in [3.8, 4) is 0 Å². The summed E-state index contributed by atoms with van der Waals surface area (Å²) < 4.78 is 13.8. The zero-order chi connectivity index (χ0) is 24.3. The lowest BCUT2D eigenvalue weighted by atomic mass is 10.1. The molecule has 2 aromatic rings. The van der Waals surface area contributed by atoms with Crippen LogP contribution in [0.3, 0.4) is 0 Å². The third-order valence-corrected chi connectivity index (χ3v) is 8.46. The fraction of sp³-hybridized carbons (Fsp3) is 0.571. The molecule has 0 amide bonds. The Morgan fingerprint density at radius 1 is 0.781 bits per heavy atom. The molecule has 2 N–H and O–H groups in total. The average Bonchev–Trinajstić information content (AvgIpc) is 2.91. The fourth-order valence-electron chi connectivity index (χ4n) is 3.12.